The van der Waals surface area contributed by atoms with Gasteiger partial charge in [-0.3, -0.25) is 0 Å². The van der Waals surface area contributed by atoms with Crippen molar-refractivity contribution >= 4 is 17.4 Å². The van der Waals surface area contributed by atoms with Gasteiger partial charge in [0, 0.05) is 30.7 Å². The molecule has 0 saturated heterocycles. The SMILES string of the molecule is CCCc1cc(N(C)C(C)CCl)ncn1. The average Bonchev–Trinajstić information content (AvgIpc) is 2.28. The molecule has 0 saturated carbocycles. The first-order valence-corrected chi connectivity index (χ1v) is 5.82. The average molecular weight is 228 g/mol. The minimum atomic E-state index is 0.288. The zero-order valence-corrected chi connectivity index (χ0v) is 10.3. The largest absolute Gasteiger partial charge is 0.356 e. The Hall–Kier alpha value is -0.830. The van der Waals surface area contributed by atoms with Crippen molar-refractivity contribution in [1.29, 1.82) is 0 Å². The highest BCUT2D eigenvalue weighted by molar-refractivity contribution is 6.18. The molecule has 0 aliphatic carbocycles. The van der Waals surface area contributed by atoms with Gasteiger partial charge in [-0.15, -0.1) is 11.6 Å². The highest BCUT2D eigenvalue weighted by Gasteiger charge is 2.10. The lowest BCUT2D eigenvalue weighted by Crippen LogP contribution is -2.31. The van der Waals surface area contributed by atoms with E-state index in [1.54, 1.807) is 6.33 Å². The summed E-state index contributed by atoms with van der Waals surface area (Å²) in [6.07, 6.45) is 3.72. The summed E-state index contributed by atoms with van der Waals surface area (Å²) in [5.74, 6) is 1.55. The van der Waals surface area contributed by atoms with Gasteiger partial charge in [-0.05, 0) is 13.3 Å². The lowest BCUT2D eigenvalue weighted by molar-refractivity contribution is 0.743. The van der Waals surface area contributed by atoms with Crippen LogP contribution < -0.4 is 4.90 Å². The molecule has 0 fully saturated rings. The van der Waals surface area contributed by atoms with Gasteiger partial charge >= 0.3 is 0 Å². The van der Waals surface area contributed by atoms with E-state index in [4.69, 9.17) is 11.6 Å². The Kier molecular flexibility index (Phi) is 4.82. The summed E-state index contributed by atoms with van der Waals surface area (Å²) in [4.78, 5) is 10.5. The molecule has 15 heavy (non-hydrogen) atoms. The van der Waals surface area contributed by atoms with Gasteiger partial charge in [-0.25, -0.2) is 9.97 Å². The molecule has 3 nitrogen and oxygen atoms in total. The molecular formula is C11H18ClN3. The van der Waals surface area contributed by atoms with Crippen LogP contribution in [0.25, 0.3) is 0 Å². The number of alkyl halides is 1. The number of hydrogen-bond donors (Lipinski definition) is 0. The predicted molar refractivity (Wildman–Crippen MR) is 64.6 cm³/mol. The molecule has 1 heterocycles. The third kappa shape index (κ3) is 3.34. The van der Waals surface area contributed by atoms with E-state index in [0.717, 1.165) is 24.4 Å². The van der Waals surface area contributed by atoms with E-state index in [9.17, 15) is 0 Å². The molecule has 84 valence electrons. The fraction of sp³-hybridized carbons (Fsp3) is 0.636. The van der Waals surface area contributed by atoms with Gasteiger partial charge in [-0.2, -0.15) is 0 Å². The molecule has 1 aromatic rings. The lowest BCUT2D eigenvalue weighted by Gasteiger charge is -2.24. The summed E-state index contributed by atoms with van der Waals surface area (Å²) in [6.45, 7) is 4.22. The molecule has 0 aliphatic rings. The van der Waals surface area contributed by atoms with Crippen molar-refractivity contribution in [3.05, 3.63) is 18.1 Å². The monoisotopic (exact) mass is 227 g/mol. The van der Waals surface area contributed by atoms with Crippen molar-refractivity contribution < 1.29 is 0 Å². The Morgan fingerprint density at radius 2 is 2.20 bits per heavy atom. The Labute approximate surface area is 96.5 Å². The molecule has 4 heteroatoms. The van der Waals surface area contributed by atoms with Gasteiger partial charge in [0.25, 0.3) is 0 Å². The zero-order valence-electron chi connectivity index (χ0n) is 9.57. The fourth-order valence-electron chi connectivity index (χ4n) is 1.30. The van der Waals surface area contributed by atoms with Crippen molar-refractivity contribution in [2.75, 3.05) is 17.8 Å². The second-order valence-corrected chi connectivity index (χ2v) is 4.04. The van der Waals surface area contributed by atoms with Crippen molar-refractivity contribution in [2.45, 2.75) is 32.7 Å². The summed E-state index contributed by atoms with van der Waals surface area (Å²) < 4.78 is 0. The van der Waals surface area contributed by atoms with E-state index in [1.807, 2.05) is 13.1 Å². The Morgan fingerprint density at radius 1 is 1.47 bits per heavy atom. The number of nitrogens with zero attached hydrogens (tertiary/aromatic N) is 3. The number of hydrogen-bond acceptors (Lipinski definition) is 3. The van der Waals surface area contributed by atoms with Gasteiger partial charge in [0.2, 0.25) is 0 Å². The number of halogens is 1. The zero-order chi connectivity index (χ0) is 11.3. The number of anilines is 1. The quantitative estimate of drug-likeness (QED) is 0.724. The number of aromatic nitrogens is 2. The minimum absolute atomic E-state index is 0.288. The highest BCUT2D eigenvalue weighted by atomic mass is 35.5. The highest BCUT2D eigenvalue weighted by Crippen LogP contribution is 2.13. The van der Waals surface area contributed by atoms with Crippen LogP contribution in [0.4, 0.5) is 5.82 Å². The first-order valence-electron chi connectivity index (χ1n) is 5.28. The maximum absolute atomic E-state index is 5.81. The molecule has 0 radical (unpaired) electrons. The van der Waals surface area contributed by atoms with Crippen molar-refractivity contribution in [1.82, 2.24) is 9.97 Å². The smallest absolute Gasteiger partial charge is 0.132 e. The van der Waals surface area contributed by atoms with Crippen molar-refractivity contribution in [3.8, 4) is 0 Å². The van der Waals surface area contributed by atoms with Crippen LogP contribution in [0.1, 0.15) is 26.0 Å². The van der Waals surface area contributed by atoms with Gasteiger partial charge < -0.3 is 4.90 Å². The topological polar surface area (TPSA) is 29.0 Å². The summed E-state index contributed by atoms with van der Waals surface area (Å²) in [7, 11) is 2.01. The van der Waals surface area contributed by atoms with Gasteiger partial charge in [0.05, 0.1) is 0 Å². The normalized spacial score (nSPS) is 12.5. The van der Waals surface area contributed by atoms with Crippen LogP contribution in [0.3, 0.4) is 0 Å². The number of aryl methyl sites for hydroxylation is 1. The summed E-state index contributed by atoms with van der Waals surface area (Å²) in [5, 5.41) is 0. The first-order chi connectivity index (χ1) is 7.19. The molecule has 0 N–H and O–H groups in total. The van der Waals surface area contributed by atoms with Crippen molar-refractivity contribution in [3.63, 3.8) is 0 Å². The maximum Gasteiger partial charge on any atom is 0.132 e. The van der Waals surface area contributed by atoms with E-state index in [0.29, 0.717) is 5.88 Å². The second-order valence-electron chi connectivity index (χ2n) is 3.73. The van der Waals surface area contributed by atoms with Crippen LogP contribution in [0.15, 0.2) is 12.4 Å². The third-order valence-corrected chi connectivity index (χ3v) is 2.91. The molecule has 0 bridgehead atoms. The molecule has 1 unspecified atom stereocenters. The molecule has 1 aromatic heterocycles. The van der Waals surface area contributed by atoms with Crippen LogP contribution >= 0.6 is 11.6 Å². The molecule has 0 spiro atoms. The van der Waals surface area contributed by atoms with Crippen LogP contribution in [-0.2, 0) is 6.42 Å². The van der Waals surface area contributed by atoms with Gasteiger partial charge in [0.1, 0.15) is 12.1 Å². The van der Waals surface area contributed by atoms with Gasteiger partial charge in [-0.1, -0.05) is 13.3 Å². The van der Waals surface area contributed by atoms with Crippen LogP contribution in [0.2, 0.25) is 0 Å². The second kappa shape index (κ2) is 5.91. The molecule has 1 atom stereocenters. The standard InChI is InChI=1S/C11H18ClN3/c1-4-5-10-6-11(14-8-13-10)15(3)9(2)7-12/h6,8-9H,4-5,7H2,1-3H3. The maximum atomic E-state index is 5.81. The van der Waals surface area contributed by atoms with E-state index in [-0.39, 0.29) is 6.04 Å². The molecular weight excluding hydrogens is 210 g/mol. The Balaban J connectivity index is 2.80. The van der Waals surface area contributed by atoms with Gasteiger partial charge in [0.15, 0.2) is 0 Å². The summed E-state index contributed by atoms with van der Waals surface area (Å²) in [6, 6.07) is 2.32. The van der Waals surface area contributed by atoms with E-state index in [1.165, 1.54) is 0 Å². The third-order valence-electron chi connectivity index (χ3n) is 2.46. The lowest BCUT2D eigenvalue weighted by atomic mass is 10.2. The molecule has 0 amide bonds. The van der Waals surface area contributed by atoms with E-state index < -0.39 is 0 Å². The molecule has 0 aliphatic heterocycles. The molecule has 0 aromatic carbocycles. The number of rotatable bonds is 5. The first kappa shape index (κ1) is 12.2. The van der Waals surface area contributed by atoms with Crippen LogP contribution in [0, 0.1) is 0 Å². The Morgan fingerprint density at radius 3 is 2.80 bits per heavy atom. The predicted octanol–water partition coefficient (Wildman–Crippen LogP) is 2.49. The van der Waals surface area contributed by atoms with Crippen LogP contribution in [-0.4, -0.2) is 28.9 Å². The Bertz CT molecular complexity index is 304. The summed E-state index contributed by atoms with van der Waals surface area (Å²) in [5.41, 5.74) is 1.09. The molecule has 1 rings (SSSR count). The van der Waals surface area contributed by atoms with E-state index in [2.05, 4.69) is 28.7 Å². The minimum Gasteiger partial charge on any atom is -0.356 e. The van der Waals surface area contributed by atoms with Crippen molar-refractivity contribution in [2.24, 2.45) is 0 Å². The van der Waals surface area contributed by atoms with Crippen LogP contribution in [0.5, 0.6) is 0 Å². The fourth-order valence-corrected chi connectivity index (χ4v) is 1.51. The summed E-state index contributed by atoms with van der Waals surface area (Å²) >= 11 is 5.81. The van der Waals surface area contributed by atoms with E-state index >= 15 is 0 Å².